The molecular formula is C15H14BrFN2O2. The third kappa shape index (κ3) is 4.01. The van der Waals surface area contributed by atoms with Crippen LogP contribution in [0.2, 0.25) is 0 Å². The van der Waals surface area contributed by atoms with Crippen LogP contribution < -0.4 is 5.32 Å². The van der Waals surface area contributed by atoms with Crippen molar-refractivity contribution in [1.29, 1.82) is 0 Å². The minimum atomic E-state index is -1.00. The summed E-state index contributed by atoms with van der Waals surface area (Å²) < 4.78 is 13.6. The summed E-state index contributed by atoms with van der Waals surface area (Å²) >= 11 is 3.25. The summed E-state index contributed by atoms with van der Waals surface area (Å²) in [6, 6.07) is 7.24. The molecule has 21 heavy (non-hydrogen) atoms. The molecular weight excluding hydrogens is 339 g/mol. The fraction of sp³-hybridized carbons (Fsp3) is 0.200. The number of anilines is 2. The molecule has 110 valence electrons. The van der Waals surface area contributed by atoms with Gasteiger partial charge in [-0.25, -0.2) is 14.2 Å². The molecule has 0 saturated carbocycles. The van der Waals surface area contributed by atoms with Gasteiger partial charge in [0.2, 0.25) is 0 Å². The summed E-state index contributed by atoms with van der Waals surface area (Å²) in [5, 5.41) is 12.2. The van der Waals surface area contributed by atoms with Gasteiger partial charge in [0.25, 0.3) is 0 Å². The van der Waals surface area contributed by atoms with E-state index >= 15 is 0 Å². The topological polar surface area (TPSA) is 62.2 Å². The average molecular weight is 353 g/mol. The fourth-order valence-corrected chi connectivity index (χ4v) is 2.34. The molecule has 0 spiro atoms. The van der Waals surface area contributed by atoms with Gasteiger partial charge in [-0.05, 0) is 52.7 Å². The van der Waals surface area contributed by atoms with Crippen molar-refractivity contribution in [3.05, 3.63) is 51.9 Å². The van der Waals surface area contributed by atoms with Crippen LogP contribution in [0.5, 0.6) is 0 Å². The molecule has 0 aliphatic heterocycles. The molecule has 2 aromatic rings. The Labute approximate surface area is 130 Å². The normalized spacial score (nSPS) is 10.4. The Balaban J connectivity index is 2.36. The maximum absolute atomic E-state index is 13.1. The number of hydrogen-bond acceptors (Lipinski definition) is 3. The summed E-state index contributed by atoms with van der Waals surface area (Å²) in [6.07, 6.45) is 1.57. The lowest BCUT2D eigenvalue weighted by Gasteiger charge is -2.10. The number of nitrogens with zero attached hydrogens (tertiary/aromatic N) is 1. The van der Waals surface area contributed by atoms with E-state index in [1.807, 2.05) is 6.92 Å². The molecule has 0 unspecified atom stereocenters. The summed E-state index contributed by atoms with van der Waals surface area (Å²) in [5.74, 6) is -0.937. The number of nitrogens with one attached hydrogen (secondary N) is 1. The number of pyridine rings is 1. The second-order valence-corrected chi connectivity index (χ2v) is 5.39. The van der Waals surface area contributed by atoms with Gasteiger partial charge in [0.1, 0.15) is 11.6 Å². The zero-order chi connectivity index (χ0) is 15.4. The van der Waals surface area contributed by atoms with Gasteiger partial charge in [-0.1, -0.05) is 13.3 Å². The Hall–Kier alpha value is -1.95. The highest BCUT2D eigenvalue weighted by molar-refractivity contribution is 9.10. The van der Waals surface area contributed by atoms with Gasteiger partial charge in [-0.3, -0.25) is 0 Å². The third-order valence-electron chi connectivity index (χ3n) is 2.83. The number of benzene rings is 1. The standard InChI is InChI=1S/C15H14BrFN2O2/c1-2-3-11-6-9(15(20)21)7-14(18-11)19-13-5-4-10(17)8-12(13)16/h4-8H,2-3H2,1H3,(H,18,19)(H,20,21). The van der Waals surface area contributed by atoms with Crippen LogP contribution in [0.15, 0.2) is 34.8 Å². The number of aromatic nitrogens is 1. The molecule has 1 aromatic carbocycles. The van der Waals surface area contributed by atoms with Crippen LogP contribution in [0.3, 0.4) is 0 Å². The third-order valence-corrected chi connectivity index (χ3v) is 3.48. The quantitative estimate of drug-likeness (QED) is 0.838. The summed E-state index contributed by atoms with van der Waals surface area (Å²) in [5.41, 5.74) is 1.50. The highest BCUT2D eigenvalue weighted by Gasteiger charge is 2.10. The van der Waals surface area contributed by atoms with Crippen molar-refractivity contribution in [2.24, 2.45) is 0 Å². The van der Waals surface area contributed by atoms with Crippen LogP contribution >= 0.6 is 15.9 Å². The molecule has 0 amide bonds. The van der Waals surface area contributed by atoms with Crippen molar-refractivity contribution in [3.63, 3.8) is 0 Å². The van der Waals surface area contributed by atoms with Crippen LogP contribution in [0.1, 0.15) is 29.4 Å². The van der Waals surface area contributed by atoms with E-state index in [9.17, 15) is 9.18 Å². The number of aryl methyl sites for hydroxylation is 1. The van der Waals surface area contributed by atoms with E-state index in [1.165, 1.54) is 18.2 Å². The first-order chi connectivity index (χ1) is 9.99. The lowest BCUT2D eigenvalue weighted by molar-refractivity contribution is 0.0696. The van der Waals surface area contributed by atoms with Gasteiger partial charge in [0.15, 0.2) is 0 Å². The van der Waals surface area contributed by atoms with Crippen molar-refractivity contribution in [1.82, 2.24) is 4.98 Å². The van der Waals surface area contributed by atoms with E-state index in [0.717, 1.165) is 6.42 Å². The first kappa shape index (κ1) is 15.4. The smallest absolute Gasteiger partial charge is 0.335 e. The predicted molar refractivity (Wildman–Crippen MR) is 82.6 cm³/mol. The Bertz CT molecular complexity index is 677. The molecule has 0 aliphatic rings. The van der Waals surface area contributed by atoms with Gasteiger partial charge in [0, 0.05) is 10.2 Å². The van der Waals surface area contributed by atoms with Crippen LogP contribution in [0.25, 0.3) is 0 Å². The molecule has 0 aliphatic carbocycles. The predicted octanol–water partition coefficient (Wildman–Crippen LogP) is 4.38. The summed E-state index contributed by atoms with van der Waals surface area (Å²) in [7, 11) is 0. The number of aromatic carboxylic acids is 1. The van der Waals surface area contributed by atoms with Crippen molar-refractivity contribution in [3.8, 4) is 0 Å². The van der Waals surface area contributed by atoms with Crippen molar-refractivity contribution < 1.29 is 14.3 Å². The Kier molecular flexibility index (Phi) is 4.90. The number of halogens is 2. The maximum Gasteiger partial charge on any atom is 0.335 e. The Morgan fingerprint density at radius 2 is 2.14 bits per heavy atom. The van der Waals surface area contributed by atoms with E-state index in [-0.39, 0.29) is 11.4 Å². The van der Waals surface area contributed by atoms with Crippen LogP contribution in [-0.2, 0) is 6.42 Å². The van der Waals surface area contributed by atoms with Gasteiger partial charge < -0.3 is 10.4 Å². The molecule has 1 aromatic heterocycles. The zero-order valence-electron chi connectivity index (χ0n) is 11.4. The zero-order valence-corrected chi connectivity index (χ0v) is 12.9. The molecule has 0 fully saturated rings. The summed E-state index contributed by atoms with van der Waals surface area (Å²) in [4.78, 5) is 15.5. The SMILES string of the molecule is CCCc1cc(C(=O)O)cc(Nc2ccc(F)cc2Br)n1. The second-order valence-electron chi connectivity index (χ2n) is 4.54. The van der Waals surface area contributed by atoms with E-state index in [4.69, 9.17) is 5.11 Å². The van der Waals surface area contributed by atoms with E-state index in [2.05, 4.69) is 26.2 Å². The van der Waals surface area contributed by atoms with Crippen molar-refractivity contribution >= 4 is 33.4 Å². The monoisotopic (exact) mass is 352 g/mol. The maximum atomic E-state index is 13.1. The second kappa shape index (κ2) is 6.67. The highest BCUT2D eigenvalue weighted by Crippen LogP contribution is 2.26. The molecule has 4 nitrogen and oxygen atoms in total. The fourth-order valence-electron chi connectivity index (χ4n) is 1.89. The van der Waals surface area contributed by atoms with Crippen LogP contribution in [0, 0.1) is 5.82 Å². The summed E-state index contributed by atoms with van der Waals surface area (Å²) in [6.45, 7) is 2.00. The van der Waals surface area contributed by atoms with E-state index in [1.54, 1.807) is 12.1 Å². The minimum absolute atomic E-state index is 0.175. The average Bonchev–Trinajstić information content (AvgIpc) is 2.42. The highest BCUT2D eigenvalue weighted by atomic mass is 79.9. The van der Waals surface area contributed by atoms with Gasteiger partial charge in [0.05, 0.1) is 11.3 Å². The van der Waals surface area contributed by atoms with Gasteiger partial charge >= 0.3 is 5.97 Å². The molecule has 2 rings (SSSR count). The lowest BCUT2D eigenvalue weighted by atomic mass is 10.1. The van der Waals surface area contributed by atoms with Crippen molar-refractivity contribution in [2.45, 2.75) is 19.8 Å². The molecule has 6 heteroatoms. The lowest BCUT2D eigenvalue weighted by Crippen LogP contribution is -2.04. The number of carboxylic acids is 1. The van der Waals surface area contributed by atoms with Gasteiger partial charge in [-0.2, -0.15) is 0 Å². The molecule has 0 bridgehead atoms. The molecule has 0 atom stereocenters. The number of carboxylic acid groups (broad SMARTS) is 1. The molecule has 1 heterocycles. The Morgan fingerprint density at radius 3 is 2.76 bits per heavy atom. The number of hydrogen-bond donors (Lipinski definition) is 2. The molecule has 0 saturated heterocycles. The van der Waals surface area contributed by atoms with Gasteiger partial charge in [-0.15, -0.1) is 0 Å². The largest absolute Gasteiger partial charge is 0.478 e. The Morgan fingerprint density at radius 1 is 1.38 bits per heavy atom. The molecule has 0 radical (unpaired) electrons. The van der Waals surface area contributed by atoms with Crippen molar-refractivity contribution in [2.75, 3.05) is 5.32 Å². The van der Waals surface area contributed by atoms with Crippen LogP contribution in [0.4, 0.5) is 15.9 Å². The van der Waals surface area contributed by atoms with E-state index in [0.29, 0.717) is 28.1 Å². The first-order valence-electron chi connectivity index (χ1n) is 6.46. The van der Waals surface area contributed by atoms with E-state index < -0.39 is 5.97 Å². The number of rotatable bonds is 5. The number of carbonyl (C=O) groups is 1. The first-order valence-corrected chi connectivity index (χ1v) is 7.25. The molecule has 2 N–H and O–H groups in total. The van der Waals surface area contributed by atoms with Crippen LogP contribution in [-0.4, -0.2) is 16.1 Å². The minimum Gasteiger partial charge on any atom is -0.478 e.